The van der Waals surface area contributed by atoms with E-state index in [2.05, 4.69) is 5.32 Å². The van der Waals surface area contributed by atoms with E-state index in [9.17, 15) is 18.4 Å². The monoisotopic (exact) mass is 360 g/mol. The van der Waals surface area contributed by atoms with Crippen LogP contribution >= 0.6 is 0 Å². The summed E-state index contributed by atoms with van der Waals surface area (Å²) in [6.45, 7) is 1.43. The number of hydrogen-bond donors (Lipinski definition) is 1. The summed E-state index contributed by atoms with van der Waals surface area (Å²) in [5.74, 6) is -1.03. The number of benzene rings is 2. The summed E-state index contributed by atoms with van der Waals surface area (Å²) in [5.41, 5.74) is -1.26. The number of carbonyl (C=O) groups excluding carboxylic acids is 2. The molecule has 0 aliphatic carbocycles. The van der Waals surface area contributed by atoms with Crippen LogP contribution in [0.1, 0.15) is 18.1 Å². The molecule has 2 aromatic rings. The van der Waals surface area contributed by atoms with E-state index in [1.54, 1.807) is 18.2 Å². The van der Waals surface area contributed by atoms with Crippen LogP contribution in [0.3, 0.4) is 0 Å². The largest absolute Gasteiger partial charge is 0.454 e. The van der Waals surface area contributed by atoms with Crippen molar-refractivity contribution < 1.29 is 27.8 Å². The highest BCUT2D eigenvalue weighted by Crippen LogP contribution is 2.35. The molecule has 6 nitrogen and oxygen atoms in total. The van der Waals surface area contributed by atoms with Gasteiger partial charge in [0, 0.05) is 5.56 Å². The highest BCUT2D eigenvalue weighted by Gasteiger charge is 2.50. The van der Waals surface area contributed by atoms with Crippen molar-refractivity contribution in [3.63, 3.8) is 0 Å². The number of nitrogens with one attached hydrogen (secondary N) is 1. The number of halogens is 2. The summed E-state index contributed by atoms with van der Waals surface area (Å²) in [6.07, 6.45) is 0. The van der Waals surface area contributed by atoms with Crippen molar-refractivity contribution in [2.45, 2.75) is 19.0 Å². The minimum absolute atomic E-state index is 0.0339. The van der Waals surface area contributed by atoms with Gasteiger partial charge in [-0.3, -0.25) is 9.69 Å². The maximum Gasteiger partial charge on any atom is 0.325 e. The molecule has 0 aromatic heterocycles. The summed E-state index contributed by atoms with van der Waals surface area (Å²) in [5, 5.41) is 2.46. The molecule has 0 saturated carbocycles. The van der Waals surface area contributed by atoms with Gasteiger partial charge in [-0.15, -0.1) is 0 Å². The minimum atomic E-state index is -1.68. The molecule has 0 bridgehead atoms. The second kappa shape index (κ2) is 5.69. The van der Waals surface area contributed by atoms with E-state index < -0.39 is 29.1 Å². The Morgan fingerprint density at radius 1 is 1.12 bits per heavy atom. The number of nitrogens with zero attached hydrogens (tertiary/aromatic N) is 1. The van der Waals surface area contributed by atoms with E-state index in [1.165, 1.54) is 6.92 Å². The Hall–Kier alpha value is -3.16. The SMILES string of the molecule is C[C@@]1(c2cc(F)ccc2F)NC(=O)N(Cc2ccc3c(c2)OCO3)C1=O. The molecule has 1 N–H and O–H groups in total. The zero-order chi connectivity index (χ0) is 18.5. The molecular weight excluding hydrogens is 346 g/mol. The van der Waals surface area contributed by atoms with Gasteiger partial charge in [-0.25, -0.2) is 13.6 Å². The second-order valence-electron chi connectivity index (χ2n) is 6.26. The van der Waals surface area contributed by atoms with Gasteiger partial charge in [0.2, 0.25) is 6.79 Å². The number of ether oxygens (including phenoxy) is 2. The topological polar surface area (TPSA) is 67.9 Å². The van der Waals surface area contributed by atoms with E-state index >= 15 is 0 Å². The van der Waals surface area contributed by atoms with Crippen LogP contribution in [0.25, 0.3) is 0 Å². The van der Waals surface area contributed by atoms with Crippen molar-refractivity contribution in [1.29, 1.82) is 0 Å². The van der Waals surface area contributed by atoms with Gasteiger partial charge >= 0.3 is 6.03 Å². The number of hydrogen-bond acceptors (Lipinski definition) is 4. The molecule has 2 heterocycles. The van der Waals surface area contributed by atoms with Crippen LogP contribution in [-0.4, -0.2) is 23.6 Å². The van der Waals surface area contributed by atoms with Crippen LogP contribution in [0.15, 0.2) is 36.4 Å². The second-order valence-corrected chi connectivity index (χ2v) is 6.26. The molecule has 0 radical (unpaired) electrons. The molecule has 2 aliphatic heterocycles. The number of imide groups is 1. The Morgan fingerprint density at radius 2 is 1.88 bits per heavy atom. The van der Waals surface area contributed by atoms with Gasteiger partial charge in [-0.1, -0.05) is 6.07 Å². The summed E-state index contributed by atoms with van der Waals surface area (Å²) >= 11 is 0. The lowest BCUT2D eigenvalue weighted by Gasteiger charge is -2.23. The predicted molar refractivity (Wildman–Crippen MR) is 85.4 cm³/mol. The lowest BCUT2D eigenvalue weighted by Crippen LogP contribution is -2.41. The molecule has 26 heavy (non-hydrogen) atoms. The van der Waals surface area contributed by atoms with Gasteiger partial charge in [0.05, 0.1) is 6.54 Å². The van der Waals surface area contributed by atoms with Crippen LogP contribution in [-0.2, 0) is 16.9 Å². The number of carbonyl (C=O) groups is 2. The predicted octanol–water partition coefficient (Wildman–Crippen LogP) is 2.66. The smallest absolute Gasteiger partial charge is 0.325 e. The fourth-order valence-corrected chi connectivity index (χ4v) is 3.13. The average Bonchev–Trinajstić information content (AvgIpc) is 3.15. The van der Waals surface area contributed by atoms with Crippen LogP contribution < -0.4 is 14.8 Å². The van der Waals surface area contributed by atoms with Crippen LogP contribution in [0, 0.1) is 11.6 Å². The maximum absolute atomic E-state index is 14.2. The zero-order valence-corrected chi connectivity index (χ0v) is 13.7. The van der Waals surface area contributed by atoms with E-state index in [4.69, 9.17) is 9.47 Å². The molecule has 134 valence electrons. The van der Waals surface area contributed by atoms with Gasteiger partial charge in [0.1, 0.15) is 17.2 Å². The number of urea groups is 1. The summed E-state index contributed by atoms with van der Waals surface area (Å²) < 4.78 is 38.2. The first-order valence-electron chi connectivity index (χ1n) is 7.86. The van der Waals surface area contributed by atoms with Crippen molar-refractivity contribution in [1.82, 2.24) is 10.2 Å². The van der Waals surface area contributed by atoms with Gasteiger partial charge < -0.3 is 14.8 Å². The van der Waals surface area contributed by atoms with Gasteiger partial charge in [0.15, 0.2) is 11.5 Å². The fourth-order valence-electron chi connectivity index (χ4n) is 3.13. The average molecular weight is 360 g/mol. The van der Waals surface area contributed by atoms with E-state index in [-0.39, 0.29) is 18.9 Å². The molecule has 0 unspecified atom stereocenters. The Labute approximate surface area is 147 Å². The van der Waals surface area contributed by atoms with Gasteiger partial charge in [-0.05, 0) is 42.8 Å². The molecule has 8 heteroatoms. The molecule has 1 fully saturated rings. The standard InChI is InChI=1S/C18H14F2N2O4/c1-18(12-7-11(19)3-4-13(12)20)16(23)22(17(24)21-18)8-10-2-5-14-15(6-10)26-9-25-14/h2-7H,8-9H2,1H3,(H,21,24)/t18-/m0/s1. The third kappa shape index (κ3) is 2.45. The third-order valence-electron chi connectivity index (χ3n) is 4.52. The van der Waals surface area contributed by atoms with Crippen molar-refractivity contribution >= 4 is 11.9 Å². The molecule has 1 saturated heterocycles. The number of amides is 3. The normalized spacial score (nSPS) is 21.3. The van der Waals surface area contributed by atoms with Gasteiger partial charge in [-0.2, -0.15) is 0 Å². The summed E-state index contributed by atoms with van der Waals surface area (Å²) in [6, 6.07) is 7.16. The highest BCUT2D eigenvalue weighted by atomic mass is 19.1. The molecular formula is C18H14F2N2O4. The maximum atomic E-state index is 14.2. The van der Waals surface area contributed by atoms with Crippen LogP contribution in [0.4, 0.5) is 13.6 Å². The molecule has 0 spiro atoms. The van der Waals surface area contributed by atoms with Crippen molar-refractivity contribution in [3.05, 3.63) is 59.2 Å². The Balaban J connectivity index is 1.64. The molecule has 2 aromatic carbocycles. The van der Waals surface area contributed by atoms with E-state index in [0.717, 1.165) is 23.1 Å². The number of rotatable bonds is 3. The summed E-state index contributed by atoms with van der Waals surface area (Å²) in [4.78, 5) is 26.1. The first-order chi connectivity index (χ1) is 12.4. The molecule has 4 rings (SSSR count). The molecule has 2 aliphatic rings. The minimum Gasteiger partial charge on any atom is -0.454 e. The van der Waals surface area contributed by atoms with Crippen molar-refractivity contribution in [3.8, 4) is 11.5 Å². The van der Waals surface area contributed by atoms with Crippen molar-refractivity contribution in [2.24, 2.45) is 0 Å². The first kappa shape index (κ1) is 16.3. The lowest BCUT2D eigenvalue weighted by molar-refractivity contribution is -0.131. The van der Waals surface area contributed by atoms with E-state index in [0.29, 0.717) is 17.1 Å². The Kier molecular flexibility index (Phi) is 3.57. The van der Waals surface area contributed by atoms with Crippen LogP contribution in [0.2, 0.25) is 0 Å². The Bertz CT molecular complexity index is 933. The molecule has 1 atom stereocenters. The molecule has 3 amide bonds. The van der Waals surface area contributed by atoms with Crippen molar-refractivity contribution in [2.75, 3.05) is 6.79 Å². The van der Waals surface area contributed by atoms with Gasteiger partial charge in [0.25, 0.3) is 5.91 Å². The quantitative estimate of drug-likeness (QED) is 0.855. The van der Waals surface area contributed by atoms with E-state index in [1.807, 2.05) is 0 Å². The number of fused-ring (bicyclic) bond motifs is 1. The fraction of sp³-hybridized carbons (Fsp3) is 0.222. The summed E-state index contributed by atoms with van der Waals surface area (Å²) in [7, 11) is 0. The van der Waals surface area contributed by atoms with Crippen LogP contribution in [0.5, 0.6) is 11.5 Å². The zero-order valence-electron chi connectivity index (χ0n) is 13.7. The highest BCUT2D eigenvalue weighted by molar-refractivity contribution is 6.07. The third-order valence-corrected chi connectivity index (χ3v) is 4.52. The Morgan fingerprint density at radius 3 is 2.69 bits per heavy atom. The first-order valence-corrected chi connectivity index (χ1v) is 7.86. The lowest BCUT2D eigenvalue weighted by atomic mass is 9.91.